The minimum atomic E-state index is -0.638. The van der Waals surface area contributed by atoms with Crippen LogP contribution in [-0.2, 0) is 4.74 Å². The summed E-state index contributed by atoms with van der Waals surface area (Å²) in [5, 5.41) is 9.27. The number of oxazole rings is 1. The summed E-state index contributed by atoms with van der Waals surface area (Å²) in [7, 11) is 2.85. The van der Waals surface area contributed by atoms with Crippen molar-refractivity contribution in [1.29, 1.82) is 5.26 Å². The zero-order valence-corrected chi connectivity index (χ0v) is 15.7. The molecule has 4 rings (SSSR count). The van der Waals surface area contributed by atoms with Crippen LogP contribution < -0.4 is 10.5 Å². The summed E-state index contributed by atoms with van der Waals surface area (Å²) in [6.07, 6.45) is 1.49. The molecule has 29 heavy (non-hydrogen) atoms. The highest BCUT2D eigenvalue weighted by Crippen LogP contribution is 2.30. The van der Waals surface area contributed by atoms with Crippen molar-refractivity contribution >= 4 is 22.8 Å². The molecular weight excluding hydrogens is 372 g/mol. The lowest BCUT2D eigenvalue weighted by atomic mass is 10.2. The summed E-state index contributed by atoms with van der Waals surface area (Å²) in [6, 6.07) is 14.6. The fraction of sp³-hybridized carbons (Fsp3) is 0.0952. The molecule has 0 aliphatic rings. The largest absolute Gasteiger partial charge is 0.497 e. The number of carbonyl (C=O) groups excluding carboxylic acids is 1. The third kappa shape index (κ3) is 3.04. The number of hydrogen-bond acceptors (Lipinski definition) is 7. The summed E-state index contributed by atoms with van der Waals surface area (Å²) in [5.41, 5.74) is 8.82. The van der Waals surface area contributed by atoms with E-state index in [1.165, 1.54) is 17.9 Å². The Bertz CT molecular complexity index is 1280. The van der Waals surface area contributed by atoms with E-state index in [1.54, 1.807) is 25.3 Å². The van der Waals surface area contributed by atoms with Crippen LogP contribution >= 0.6 is 0 Å². The van der Waals surface area contributed by atoms with Crippen molar-refractivity contribution in [3.05, 3.63) is 59.9 Å². The molecule has 0 aliphatic heterocycles. The van der Waals surface area contributed by atoms with Gasteiger partial charge in [0.15, 0.2) is 11.3 Å². The molecule has 2 aromatic carbocycles. The van der Waals surface area contributed by atoms with Crippen LogP contribution in [0.1, 0.15) is 16.1 Å². The number of nitrogen functional groups attached to an aromatic ring is 1. The Hall–Kier alpha value is -4.25. The van der Waals surface area contributed by atoms with Crippen molar-refractivity contribution in [2.75, 3.05) is 20.0 Å². The number of fused-ring (bicyclic) bond motifs is 1. The highest BCUT2D eigenvalue weighted by atomic mass is 16.5. The number of nitriles is 1. The minimum absolute atomic E-state index is 0.0664. The number of rotatable bonds is 4. The average Bonchev–Trinajstić information content (AvgIpc) is 3.33. The van der Waals surface area contributed by atoms with Gasteiger partial charge < -0.3 is 24.2 Å². The minimum Gasteiger partial charge on any atom is -0.497 e. The van der Waals surface area contributed by atoms with E-state index in [1.807, 2.05) is 30.3 Å². The SMILES string of the molecule is COC(=O)c1c(N)c(C#N)cn1-c1ccc2oc(-c3cccc(OC)c3)nc2c1. The van der Waals surface area contributed by atoms with E-state index >= 15 is 0 Å². The standard InChI is InChI=1S/C21H16N4O4/c1-27-15-5-3-4-12(8-15)20-24-16-9-14(6-7-17(16)29-20)25-11-13(10-22)18(23)19(25)21(26)28-2/h3-9,11H,23H2,1-2H3. The highest BCUT2D eigenvalue weighted by Gasteiger charge is 2.22. The van der Waals surface area contributed by atoms with Crippen LogP contribution in [0.25, 0.3) is 28.2 Å². The fourth-order valence-electron chi connectivity index (χ4n) is 3.06. The van der Waals surface area contributed by atoms with Gasteiger partial charge in [-0.3, -0.25) is 0 Å². The molecule has 0 radical (unpaired) electrons. The van der Waals surface area contributed by atoms with Crippen molar-refractivity contribution in [3.8, 4) is 29.0 Å². The second kappa shape index (κ2) is 7.05. The molecular formula is C21H16N4O4. The number of esters is 1. The van der Waals surface area contributed by atoms with Gasteiger partial charge in [0, 0.05) is 17.4 Å². The number of nitrogens with zero attached hydrogens (tertiary/aromatic N) is 3. The van der Waals surface area contributed by atoms with E-state index in [0.29, 0.717) is 28.4 Å². The molecule has 0 atom stereocenters. The van der Waals surface area contributed by atoms with Crippen molar-refractivity contribution in [2.45, 2.75) is 0 Å². The average molecular weight is 388 g/mol. The first-order valence-electron chi connectivity index (χ1n) is 8.60. The van der Waals surface area contributed by atoms with Gasteiger partial charge >= 0.3 is 5.97 Å². The molecule has 2 aromatic heterocycles. The predicted molar refractivity (Wildman–Crippen MR) is 106 cm³/mol. The zero-order chi connectivity index (χ0) is 20.5. The van der Waals surface area contributed by atoms with Gasteiger partial charge in [-0.2, -0.15) is 5.26 Å². The summed E-state index contributed by atoms with van der Waals surface area (Å²) < 4.78 is 17.4. The van der Waals surface area contributed by atoms with Gasteiger partial charge in [-0.05, 0) is 36.4 Å². The van der Waals surface area contributed by atoms with Gasteiger partial charge in [0.1, 0.15) is 17.3 Å². The quantitative estimate of drug-likeness (QED) is 0.532. The monoisotopic (exact) mass is 388 g/mol. The zero-order valence-electron chi connectivity index (χ0n) is 15.7. The Morgan fingerprint density at radius 2 is 2.07 bits per heavy atom. The number of carbonyl (C=O) groups is 1. The van der Waals surface area contributed by atoms with Crippen LogP contribution in [-0.4, -0.2) is 29.7 Å². The molecule has 8 nitrogen and oxygen atoms in total. The van der Waals surface area contributed by atoms with Crippen LogP contribution in [0.15, 0.2) is 53.1 Å². The topological polar surface area (TPSA) is 116 Å². The molecule has 0 fully saturated rings. The molecule has 2 heterocycles. The molecule has 0 amide bonds. The Kier molecular flexibility index (Phi) is 4.41. The first kappa shape index (κ1) is 18.1. The molecule has 0 bridgehead atoms. The number of methoxy groups -OCH3 is 2. The summed E-state index contributed by atoms with van der Waals surface area (Å²) in [6.45, 7) is 0. The van der Waals surface area contributed by atoms with Crippen molar-refractivity contribution in [1.82, 2.24) is 9.55 Å². The normalized spacial score (nSPS) is 10.7. The molecule has 0 saturated heterocycles. The highest BCUT2D eigenvalue weighted by molar-refractivity contribution is 5.96. The fourth-order valence-corrected chi connectivity index (χ4v) is 3.06. The van der Waals surface area contributed by atoms with Gasteiger partial charge in [0.2, 0.25) is 5.89 Å². The molecule has 0 aliphatic carbocycles. The van der Waals surface area contributed by atoms with Crippen LogP contribution in [0.2, 0.25) is 0 Å². The van der Waals surface area contributed by atoms with Gasteiger partial charge in [-0.25, -0.2) is 9.78 Å². The maximum atomic E-state index is 12.2. The maximum Gasteiger partial charge on any atom is 0.357 e. The number of anilines is 1. The van der Waals surface area contributed by atoms with E-state index < -0.39 is 5.97 Å². The molecule has 0 unspecified atom stereocenters. The summed E-state index contributed by atoms with van der Waals surface area (Å²) in [5.74, 6) is 0.496. The Balaban J connectivity index is 1.83. The first-order valence-corrected chi connectivity index (χ1v) is 8.60. The molecule has 4 aromatic rings. The van der Waals surface area contributed by atoms with Crippen molar-refractivity contribution < 1.29 is 18.7 Å². The molecule has 144 valence electrons. The number of nitrogens with two attached hydrogens (primary N) is 1. The third-order valence-electron chi connectivity index (χ3n) is 4.51. The summed E-state index contributed by atoms with van der Waals surface area (Å²) in [4.78, 5) is 16.7. The van der Waals surface area contributed by atoms with Crippen LogP contribution in [0.5, 0.6) is 5.75 Å². The molecule has 0 spiro atoms. The number of aromatic nitrogens is 2. The van der Waals surface area contributed by atoms with Gasteiger partial charge in [-0.1, -0.05) is 6.07 Å². The number of benzene rings is 2. The number of hydrogen-bond donors (Lipinski definition) is 1. The molecule has 2 N–H and O–H groups in total. The lowest BCUT2D eigenvalue weighted by molar-refractivity contribution is 0.0593. The van der Waals surface area contributed by atoms with E-state index in [9.17, 15) is 10.1 Å². The predicted octanol–water partition coefficient (Wildman–Crippen LogP) is 3.53. The second-order valence-corrected chi connectivity index (χ2v) is 6.18. The van der Waals surface area contributed by atoms with Crippen molar-refractivity contribution in [3.63, 3.8) is 0 Å². The Morgan fingerprint density at radius 1 is 1.24 bits per heavy atom. The maximum absolute atomic E-state index is 12.2. The van der Waals surface area contributed by atoms with Gasteiger partial charge in [-0.15, -0.1) is 0 Å². The lowest BCUT2D eigenvalue weighted by Crippen LogP contribution is -2.11. The first-order chi connectivity index (χ1) is 14.0. The van der Waals surface area contributed by atoms with E-state index in [0.717, 1.165) is 5.56 Å². The Labute approximate surface area is 165 Å². The van der Waals surface area contributed by atoms with Crippen LogP contribution in [0, 0.1) is 11.3 Å². The van der Waals surface area contributed by atoms with Gasteiger partial charge in [0.05, 0.1) is 25.5 Å². The molecule has 0 saturated carbocycles. The van der Waals surface area contributed by atoms with E-state index in [2.05, 4.69) is 4.98 Å². The smallest absolute Gasteiger partial charge is 0.357 e. The lowest BCUT2D eigenvalue weighted by Gasteiger charge is -2.08. The number of ether oxygens (including phenoxy) is 2. The Morgan fingerprint density at radius 3 is 2.79 bits per heavy atom. The molecule has 8 heteroatoms. The summed E-state index contributed by atoms with van der Waals surface area (Å²) >= 11 is 0. The third-order valence-corrected chi connectivity index (χ3v) is 4.51. The van der Waals surface area contributed by atoms with Crippen LogP contribution in [0.4, 0.5) is 5.69 Å². The van der Waals surface area contributed by atoms with E-state index in [4.69, 9.17) is 19.6 Å². The second-order valence-electron chi connectivity index (χ2n) is 6.18. The van der Waals surface area contributed by atoms with E-state index in [-0.39, 0.29) is 16.9 Å². The van der Waals surface area contributed by atoms with Gasteiger partial charge in [0.25, 0.3) is 0 Å². The van der Waals surface area contributed by atoms with Crippen molar-refractivity contribution in [2.24, 2.45) is 0 Å². The van der Waals surface area contributed by atoms with Crippen LogP contribution in [0.3, 0.4) is 0 Å².